The summed E-state index contributed by atoms with van der Waals surface area (Å²) in [5.41, 5.74) is 0. The van der Waals surface area contributed by atoms with Crippen LogP contribution in [0.4, 0.5) is 16.2 Å². The standard InChI is InChI=1S/C13H21FN4/c1-9(10-6-4-3-5-7-10)17-12-11(14)8-16-13(15-2)18-12/h8-10H,3-7H2,1-2H3,(H2,15,16,17,18). The van der Waals surface area contributed by atoms with Crippen molar-refractivity contribution in [2.45, 2.75) is 45.1 Å². The van der Waals surface area contributed by atoms with E-state index in [1.54, 1.807) is 7.05 Å². The Kier molecular flexibility index (Phi) is 4.33. The maximum absolute atomic E-state index is 13.6. The summed E-state index contributed by atoms with van der Waals surface area (Å²) in [6, 6.07) is 0.249. The topological polar surface area (TPSA) is 49.8 Å². The molecule has 0 bridgehead atoms. The van der Waals surface area contributed by atoms with Crippen molar-refractivity contribution in [3.63, 3.8) is 0 Å². The maximum atomic E-state index is 13.6. The van der Waals surface area contributed by atoms with E-state index in [0.29, 0.717) is 17.7 Å². The Morgan fingerprint density at radius 2 is 2.06 bits per heavy atom. The fraction of sp³-hybridized carbons (Fsp3) is 0.692. The van der Waals surface area contributed by atoms with Crippen LogP contribution in [0.5, 0.6) is 0 Å². The Morgan fingerprint density at radius 1 is 1.33 bits per heavy atom. The molecule has 1 unspecified atom stereocenters. The Balaban J connectivity index is 2.03. The van der Waals surface area contributed by atoms with Crippen molar-refractivity contribution in [3.8, 4) is 0 Å². The summed E-state index contributed by atoms with van der Waals surface area (Å²) in [5.74, 6) is 0.963. The molecule has 5 heteroatoms. The summed E-state index contributed by atoms with van der Waals surface area (Å²) < 4.78 is 13.6. The first-order valence-electron chi connectivity index (χ1n) is 6.67. The van der Waals surface area contributed by atoms with Gasteiger partial charge in [0, 0.05) is 13.1 Å². The first kappa shape index (κ1) is 13.1. The van der Waals surface area contributed by atoms with Crippen LogP contribution in [-0.4, -0.2) is 23.1 Å². The summed E-state index contributed by atoms with van der Waals surface area (Å²) in [6.45, 7) is 2.11. The lowest BCUT2D eigenvalue weighted by Gasteiger charge is -2.28. The van der Waals surface area contributed by atoms with E-state index in [1.165, 1.54) is 38.3 Å². The lowest BCUT2D eigenvalue weighted by molar-refractivity contribution is 0.327. The molecule has 1 aliphatic rings. The lowest BCUT2D eigenvalue weighted by Crippen LogP contribution is -2.28. The van der Waals surface area contributed by atoms with Crippen molar-refractivity contribution in [2.75, 3.05) is 17.7 Å². The Morgan fingerprint density at radius 3 is 2.72 bits per heavy atom. The number of hydrogen-bond donors (Lipinski definition) is 2. The van der Waals surface area contributed by atoms with E-state index in [0.717, 1.165) is 0 Å². The Bertz CT molecular complexity index is 391. The van der Waals surface area contributed by atoms with E-state index >= 15 is 0 Å². The van der Waals surface area contributed by atoms with Crippen LogP contribution in [0.25, 0.3) is 0 Å². The number of hydrogen-bond acceptors (Lipinski definition) is 4. The summed E-state index contributed by atoms with van der Waals surface area (Å²) in [4.78, 5) is 7.96. The second-order valence-corrected chi connectivity index (χ2v) is 4.97. The molecule has 0 radical (unpaired) electrons. The third-order valence-electron chi connectivity index (χ3n) is 3.69. The van der Waals surface area contributed by atoms with Crippen LogP contribution in [-0.2, 0) is 0 Å². The average molecular weight is 252 g/mol. The Labute approximate surface area is 107 Å². The lowest BCUT2D eigenvalue weighted by atomic mass is 9.84. The molecule has 4 nitrogen and oxygen atoms in total. The molecule has 0 saturated heterocycles. The first-order valence-corrected chi connectivity index (χ1v) is 6.67. The predicted molar refractivity (Wildman–Crippen MR) is 71.2 cm³/mol. The SMILES string of the molecule is CNc1ncc(F)c(NC(C)C2CCCCC2)n1. The number of rotatable bonds is 4. The van der Waals surface area contributed by atoms with Crippen molar-refractivity contribution < 1.29 is 4.39 Å². The summed E-state index contributed by atoms with van der Waals surface area (Å²) >= 11 is 0. The highest BCUT2D eigenvalue weighted by molar-refractivity contribution is 5.41. The molecule has 0 amide bonds. The van der Waals surface area contributed by atoms with Gasteiger partial charge in [-0.25, -0.2) is 9.37 Å². The summed E-state index contributed by atoms with van der Waals surface area (Å²) in [5, 5.41) is 6.01. The van der Waals surface area contributed by atoms with Gasteiger partial charge >= 0.3 is 0 Å². The molecule has 100 valence electrons. The molecule has 0 spiro atoms. The average Bonchev–Trinajstić information content (AvgIpc) is 2.42. The second kappa shape index (κ2) is 5.98. The molecule has 18 heavy (non-hydrogen) atoms. The van der Waals surface area contributed by atoms with E-state index in [9.17, 15) is 4.39 Å². The van der Waals surface area contributed by atoms with Gasteiger partial charge < -0.3 is 10.6 Å². The molecule has 1 aromatic rings. The van der Waals surface area contributed by atoms with E-state index < -0.39 is 5.82 Å². The molecule has 2 rings (SSSR count). The van der Waals surface area contributed by atoms with Gasteiger partial charge in [0.1, 0.15) is 0 Å². The molecule has 1 saturated carbocycles. The van der Waals surface area contributed by atoms with Gasteiger partial charge in [0.15, 0.2) is 11.6 Å². The Hall–Kier alpha value is -1.39. The highest BCUT2D eigenvalue weighted by Gasteiger charge is 2.21. The molecule has 1 atom stereocenters. The number of nitrogens with one attached hydrogen (secondary N) is 2. The number of aromatic nitrogens is 2. The fourth-order valence-electron chi connectivity index (χ4n) is 2.56. The third-order valence-corrected chi connectivity index (χ3v) is 3.69. The van der Waals surface area contributed by atoms with Crippen LogP contribution in [0, 0.1) is 11.7 Å². The molecule has 0 aromatic carbocycles. The zero-order valence-electron chi connectivity index (χ0n) is 11.0. The predicted octanol–water partition coefficient (Wildman–Crippen LogP) is 3.04. The molecule has 1 heterocycles. The van der Waals surface area contributed by atoms with Gasteiger partial charge in [0.25, 0.3) is 0 Å². The van der Waals surface area contributed by atoms with Gasteiger partial charge in [-0.15, -0.1) is 0 Å². The van der Waals surface area contributed by atoms with Crippen molar-refractivity contribution >= 4 is 11.8 Å². The van der Waals surface area contributed by atoms with Crippen molar-refractivity contribution in [3.05, 3.63) is 12.0 Å². The molecular formula is C13H21FN4. The van der Waals surface area contributed by atoms with Crippen LogP contribution in [0.3, 0.4) is 0 Å². The minimum Gasteiger partial charge on any atom is -0.365 e. The van der Waals surface area contributed by atoms with Crippen LogP contribution in [0.1, 0.15) is 39.0 Å². The van der Waals surface area contributed by atoms with E-state index in [4.69, 9.17) is 0 Å². The monoisotopic (exact) mass is 252 g/mol. The van der Waals surface area contributed by atoms with Crippen molar-refractivity contribution in [1.82, 2.24) is 9.97 Å². The number of nitrogens with zero attached hydrogens (tertiary/aromatic N) is 2. The third kappa shape index (κ3) is 3.09. The van der Waals surface area contributed by atoms with Crippen molar-refractivity contribution in [1.29, 1.82) is 0 Å². The van der Waals surface area contributed by atoms with Gasteiger partial charge in [-0.05, 0) is 25.7 Å². The van der Waals surface area contributed by atoms with Crippen LogP contribution >= 0.6 is 0 Å². The van der Waals surface area contributed by atoms with Crippen molar-refractivity contribution in [2.24, 2.45) is 5.92 Å². The normalized spacial score (nSPS) is 18.4. The van der Waals surface area contributed by atoms with Gasteiger partial charge in [-0.2, -0.15) is 4.98 Å². The molecule has 0 aliphatic heterocycles. The molecule has 1 fully saturated rings. The van der Waals surface area contributed by atoms with Gasteiger partial charge in [0.2, 0.25) is 5.95 Å². The number of halogens is 1. The van der Waals surface area contributed by atoms with Gasteiger partial charge in [0.05, 0.1) is 6.20 Å². The first-order chi connectivity index (χ1) is 8.70. The molecule has 1 aliphatic carbocycles. The summed E-state index contributed by atoms with van der Waals surface area (Å²) in [7, 11) is 1.72. The zero-order valence-corrected chi connectivity index (χ0v) is 11.0. The van der Waals surface area contributed by atoms with E-state index in [1.807, 2.05) is 0 Å². The van der Waals surface area contributed by atoms with Gasteiger partial charge in [-0.1, -0.05) is 19.3 Å². The largest absolute Gasteiger partial charge is 0.365 e. The van der Waals surface area contributed by atoms with Crippen LogP contribution < -0.4 is 10.6 Å². The molecule has 2 N–H and O–H groups in total. The summed E-state index contributed by atoms with van der Waals surface area (Å²) in [6.07, 6.45) is 7.54. The molecular weight excluding hydrogens is 231 g/mol. The zero-order chi connectivity index (χ0) is 13.0. The second-order valence-electron chi connectivity index (χ2n) is 4.97. The molecule has 1 aromatic heterocycles. The van der Waals surface area contributed by atoms with Crippen LogP contribution in [0.2, 0.25) is 0 Å². The van der Waals surface area contributed by atoms with E-state index in [2.05, 4.69) is 27.5 Å². The minimum atomic E-state index is -0.392. The highest BCUT2D eigenvalue weighted by Crippen LogP contribution is 2.28. The fourth-order valence-corrected chi connectivity index (χ4v) is 2.56. The van der Waals surface area contributed by atoms with E-state index in [-0.39, 0.29) is 6.04 Å². The maximum Gasteiger partial charge on any atom is 0.224 e. The minimum absolute atomic E-state index is 0.249. The van der Waals surface area contributed by atoms with Crippen LogP contribution in [0.15, 0.2) is 6.20 Å². The van der Waals surface area contributed by atoms with Gasteiger partial charge in [-0.3, -0.25) is 0 Å². The quantitative estimate of drug-likeness (QED) is 0.864. The number of anilines is 2. The highest BCUT2D eigenvalue weighted by atomic mass is 19.1. The smallest absolute Gasteiger partial charge is 0.224 e.